The Bertz CT molecular complexity index is 616. The number of aliphatic carboxylic acids is 1. The summed E-state index contributed by atoms with van der Waals surface area (Å²) in [6.45, 7) is 0.507. The van der Waals surface area contributed by atoms with E-state index in [0.717, 1.165) is 5.56 Å². The van der Waals surface area contributed by atoms with E-state index in [2.05, 4.69) is 16.6 Å². The zero-order chi connectivity index (χ0) is 17.4. The van der Waals surface area contributed by atoms with Crippen molar-refractivity contribution in [1.82, 2.24) is 10.6 Å². The number of para-hydroxylation sites is 1. The van der Waals surface area contributed by atoms with Gasteiger partial charge in [-0.15, -0.1) is 6.42 Å². The van der Waals surface area contributed by atoms with Crippen molar-refractivity contribution in [1.29, 1.82) is 0 Å². The molecule has 0 saturated heterocycles. The van der Waals surface area contributed by atoms with Gasteiger partial charge in [-0.05, 0) is 31.7 Å². The lowest BCUT2D eigenvalue weighted by Crippen LogP contribution is -2.43. The molecule has 1 aliphatic rings. The molecular formula is C18H22N2O4. The van der Waals surface area contributed by atoms with Gasteiger partial charge in [0.1, 0.15) is 12.4 Å². The van der Waals surface area contributed by atoms with Gasteiger partial charge in [-0.3, -0.25) is 4.79 Å². The van der Waals surface area contributed by atoms with Crippen LogP contribution in [0, 0.1) is 18.3 Å². The van der Waals surface area contributed by atoms with Crippen molar-refractivity contribution in [2.45, 2.75) is 38.3 Å². The summed E-state index contributed by atoms with van der Waals surface area (Å²) in [6, 6.07) is 7.14. The number of benzene rings is 1. The van der Waals surface area contributed by atoms with E-state index >= 15 is 0 Å². The van der Waals surface area contributed by atoms with E-state index in [1.807, 2.05) is 18.2 Å². The van der Waals surface area contributed by atoms with E-state index in [-0.39, 0.29) is 24.6 Å². The summed E-state index contributed by atoms with van der Waals surface area (Å²) in [5.41, 5.74) is 0.845. The minimum atomic E-state index is -0.749. The molecule has 128 valence electrons. The molecule has 0 unspecified atom stereocenters. The van der Waals surface area contributed by atoms with E-state index in [1.54, 1.807) is 6.07 Å². The van der Waals surface area contributed by atoms with Crippen molar-refractivity contribution < 1.29 is 19.4 Å². The maximum Gasteiger partial charge on any atom is 0.315 e. The predicted molar refractivity (Wildman–Crippen MR) is 89.5 cm³/mol. The third kappa shape index (κ3) is 5.20. The van der Waals surface area contributed by atoms with Crippen LogP contribution in [0.25, 0.3) is 0 Å². The highest BCUT2D eigenvalue weighted by Crippen LogP contribution is 2.24. The number of rotatable bonds is 6. The van der Waals surface area contributed by atoms with Crippen LogP contribution in [0.4, 0.5) is 4.79 Å². The number of ether oxygens (including phenoxy) is 1. The molecule has 0 spiro atoms. The molecule has 2 rings (SSSR count). The van der Waals surface area contributed by atoms with Crippen molar-refractivity contribution >= 4 is 12.0 Å². The normalized spacial score (nSPS) is 19.8. The molecule has 0 aromatic heterocycles. The van der Waals surface area contributed by atoms with Gasteiger partial charge in [-0.25, -0.2) is 4.79 Å². The summed E-state index contributed by atoms with van der Waals surface area (Å²) in [4.78, 5) is 22.9. The molecule has 0 heterocycles. The van der Waals surface area contributed by atoms with Gasteiger partial charge >= 0.3 is 12.0 Å². The Balaban J connectivity index is 1.78. The molecule has 0 aliphatic heterocycles. The molecule has 24 heavy (non-hydrogen) atoms. The first-order valence-electron chi connectivity index (χ1n) is 8.01. The van der Waals surface area contributed by atoms with Crippen LogP contribution in [0.1, 0.15) is 31.2 Å². The number of carbonyl (C=O) groups excluding carboxylic acids is 1. The van der Waals surface area contributed by atoms with E-state index in [4.69, 9.17) is 16.3 Å². The number of hydrogen-bond acceptors (Lipinski definition) is 3. The summed E-state index contributed by atoms with van der Waals surface area (Å²) in [6.07, 6.45) is 7.76. The number of carbonyl (C=O) groups is 2. The lowest BCUT2D eigenvalue weighted by Gasteiger charge is -2.26. The number of urea groups is 1. The van der Waals surface area contributed by atoms with E-state index in [0.29, 0.717) is 38.0 Å². The first-order valence-corrected chi connectivity index (χ1v) is 8.01. The van der Waals surface area contributed by atoms with Crippen molar-refractivity contribution in [2.24, 2.45) is 5.92 Å². The van der Waals surface area contributed by atoms with Crippen LogP contribution >= 0.6 is 0 Å². The van der Waals surface area contributed by atoms with Crippen molar-refractivity contribution in [3.63, 3.8) is 0 Å². The summed E-state index contributed by atoms with van der Waals surface area (Å²) in [7, 11) is 0. The van der Waals surface area contributed by atoms with Crippen LogP contribution < -0.4 is 15.4 Å². The van der Waals surface area contributed by atoms with Crippen molar-refractivity contribution in [2.75, 3.05) is 6.61 Å². The second-order valence-corrected chi connectivity index (χ2v) is 5.81. The lowest BCUT2D eigenvalue weighted by atomic mass is 9.86. The Hall–Kier alpha value is -2.68. The number of hydrogen-bond donors (Lipinski definition) is 3. The molecule has 6 heteroatoms. The summed E-state index contributed by atoms with van der Waals surface area (Å²) in [5, 5.41) is 14.7. The van der Waals surface area contributed by atoms with Gasteiger partial charge in [-0.1, -0.05) is 24.1 Å². The Morgan fingerprint density at radius 2 is 1.96 bits per heavy atom. The predicted octanol–water partition coefficient (Wildman–Crippen LogP) is 2.14. The quantitative estimate of drug-likeness (QED) is 0.697. The maximum atomic E-state index is 12.0. The Kier molecular flexibility index (Phi) is 6.50. The van der Waals surface area contributed by atoms with Crippen LogP contribution in [0.5, 0.6) is 5.75 Å². The van der Waals surface area contributed by atoms with E-state index in [1.165, 1.54) is 0 Å². The Morgan fingerprint density at radius 1 is 1.25 bits per heavy atom. The van der Waals surface area contributed by atoms with Crippen LogP contribution in [0.2, 0.25) is 0 Å². The van der Waals surface area contributed by atoms with E-state index in [9.17, 15) is 9.59 Å². The SMILES string of the molecule is C#CCOc1ccccc1CNC(=O)NC1CCC(C(=O)O)CC1. The van der Waals surface area contributed by atoms with Crippen LogP contribution in [0.3, 0.4) is 0 Å². The number of nitrogens with one attached hydrogen (secondary N) is 2. The largest absolute Gasteiger partial charge is 0.481 e. The Morgan fingerprint density at radius 3 is 2.62 bits per heavy atom. The molecule has 1 fully saturated rings. The molecule has 3 N–H and O–H groups in total. The maximum absolute atomic E-state index is 12.0. The minimum absolute atomic E-state index is 0.0218. The molecule has 1 aromatic carbocycles. The topological polar surface area (TPSA) is 87.7 Å². The van der Waals surface area contributed by atoms with Gasteiger partial charge in [0.2, 0.25) is 0 Å². The van der Waals surface area contributed by atoms with Crippen molar-refractivity contribution in [3.8, 4) is 18.1 Å². The molecule has 1 aliphatic carbocycles. The van der Waals surface area contributed by atoms with E-state index < -0.39 is 5.97 Å². The van der Waals surface area contributed by atoms with Crippen LogP contribution in [0.15, 0.2) is 24.3 Å². The monoisotopic (exact) mass is 330 g/mol. The molecule has 6 nitrogen and oxygen atoms in total. The summed E-state index contributed by atoms with van der Waals surface area (Å²) < 4.78 is 5.44. The first kappa shape index (κ1) is 17.7. The lowest BCUT2D eigenvalue weighted by molar-refractivity contribution is -0.142. The highest BCUT2D eigenvalue weighted by Gasteiger charge is 2.26. The third-order valence-corrected chi connectivity index (χ3v) is 4.13. The summed E-state index contributed by atoms with van der Waals surface area (Å²) >= 11 is 0. The molecule has 0 bridgehead atoms. The molecule has 1 saturated carbocycles. The fourth-order valence-corrected chi connectivity index (χ4v) is 2.81. The number of carboxylic acid groups (broad SMARTS) is 1. The van der Waals surface area contributed by atoms with Gasteiger partial charge in [0.15, 0.2) is 0 Å². The average Bonchev–Trinajstić information content (AvgIpc) is 2.59. The number of carboxylic acids is 1. The number of terminal acetylenes is 1. The fourth-order valence-electron chi connectivity index (χ4n) is 2.81. The van der Waals surface area contributed by atoms with Gasteiger partial charge in [0, 0.05) is 18.2 Å². The number of amides is 2. The zero-order valence-corrected chi connectivity index (χ0v) is 13.5. The zero-order valence-electron chi connectivity index (χ0n) is 13.5. The van der Waals surface area contributed by atoms with Crippen molar-refractivity contribution in [3.05, 3.63) is 29.8 Å². The van der Waals surface area contributed by atoms with Gasteiger partial charge < -0.3 is 20.5 Å². The fraction of sp³-hybridized carbons (Fsp3) is 0.444. The summed E-state index contributed by atoms with van der Waals surface area (Å²) in [5.74, 6) is 2.03. The minimum Gasteiger partial charge on any atom is -0.481 e. The second kappa shape index (κ2) is 8.82. The first-order chi connectivity index (χ1) is 11.6. The van der Waals surface area contributed by atoms with Gasteiger partial charge in [0.25, 0.3) is 0 Å². The highest BCUT2D eigenvalue weighted by atomic mass is 16.5. The average molecular weight is 330 g/mol. The molecule has 1 aromatic rings. The Labute approximate surface area is 141 Å². The van der Waals surface area contributed by atoms with Gasteiger partial charge in [-0.2, -0.15) is 0 Å². The standard InChI is InChI=1S/C18H22N2O4/c1-2-11-24-16-6-4-3-5-14(16)12-19-18(23)20-15-9-7-13(8-10-15)17(21)22/h1,3-6,13,15H,7-12H2,(H,21,22)(H2,19,20,23). The van der Waals surface area contributed by atoms with Crippen LogP contribution in [-0.2, 0) is 11.3 Å². The third-order valence-electron chi connectivity index (χ3n) is 4.13. The highest BCUT2D eigenvalue weighted by molar-refractivity contribution is 5.74. The van der Waals surface area contributed by atoms with Crippen LogP contribution in [-0.4, -0.2) is 29.8 Å². The molecular weight excluding hydrogens is 308 g/mol. The van der Waals surface area contributed by atoms with Gasteiger partial charge in [0.05, 0.1) is 5.92 Å². The molecule has 0 radical (unpaired) electrons. The smallest absolute Gasteiger partial charge is 0.315 e. The molecule has 0 atom stereocenters. The molecule has 2 amide bonds. The second-order valence-electron chi connectivity index (χ2n) is 5.81.